The highest BCUT2D eigenvalue weighted by atomic mass is 32.1. The van der Waals surface area contributed by atoms with Crippen molar-refractivity contribution < 1.29 is 14.3 Å². The Morgan fingerprint density at radius 3 is 2.56 bits per heavy atom. The van der Waals surface area contributed by atoms with Gasteiger partial charge in [0.2, 0.25) is 16.9 Å². The maximum Gasteiger partial charge on any atom is 0.248 e. The molecule has 1 aromatic heterocycles. The van der Waals surface area contributed by atoms with Gasteiger partial charge in [-0.3, -0.25) is 14.9 Å². The molecule has 0 spiro atoms. The number of benzene rings is 1. The lowest BCUT2D eigenvalue weighted by molar-refractivity contribution is -0.126. The number of nitrogens with one attached hydrogen (secondary N) is 2. The topological polar surface area (TPSA) is 93.2 Å². The Morgan fingerprint density at radius 1 is 1.15 bits per heavy atom. The zero-order chi connectivity index (χ0) is 19.6. The average molecular weight is 391 g/mol. The van der Waals surface area contributed by atoms with Crippen LogP contribution in [0.3, 0.4) is 0 Å². The minimum Gasteiger partial charge on any atom is -0.497 e. The highest BCUT2D eigenvalue weighted by Gasteiger charge is 2.17. The van der Waals surface area contributed by atoms with E-state index in [1.54, 1.807) is 14.0 Å². The average Bonchev–Trinajstić information content (AvgIpc) is 3.13. The van der Waals surface area contributed by atoms with Crippen molar-refractivity contribution in [3.8, 4) is 16.3 Å². The zero-order valence-corrected chi connectivity index (χ0v) is 16.8. The van der Waals surface area contributed by atoms with Crippen LogP contribution in [0, 0.1) is 0 Å². The number of nitrogens with zero attached hydrogens (tertiary/aromatic N) is 2. The molecular formula is C19H26N4O3S. The Labute approximate surface area is 163 Å². The first-order chi connectivity index (χ1) is 13.0. The van der Waals surface area contributed by atoms with Crippen molar-refractivity contribution in [3.63, 3.8) is 0 Å². The number of hydrogen-bond donors (Lipinski definition) is 2. The third kappa shape index (κ3) is 6.63. The minimum atomic E-state index is -0.628. The number of ether oxygens (including phenoxy) is 1. The summed E-state index contributed by atoms with van der Waals surface area (Å²) >= 11 is 1.28. The quantitative estimate of drug-likeness (QED) is 0.604. The van der Waals surface area contributed by atoms with Gasteiger partial charge in [-0.15, -0.1) is 10.2 Å². The van der Waals surface area contributed by atoms with Crippen LogP contribution in [0.5, 0.6) is 5.75 Å². The lowest BCUT2D eigenvalue weighted by Gasteiger charge is -2.12. The Bertz CT molecular complexity index is 746. The summed E-state index contributed by atoms with van der Waals surface area (Å²) in [4.78, 5) is 24.1. The molecule has 0 aliphatic carbocycles. The van der Waals surface area contributed by atoms with E-state index >= 15 is 0 Å². The van der Waals surface area contributed by atoms with Crippen LogP contribution in [0.15, 0.2) is 24.3 Å². The van der Waals surface area contributed by atoms with Gasteiger partial charge in [0.05, 0.1) is 7.11 Å². The molecule has 2 N–H and O–H groups in total. The number of aromatic nitrogens is 2. The van der Waals surface area contributed by atoms with E-state index in [9.17, 15) is 9.59 Å². The summed E-state index contributed by atoms with van der Waals surface area (Å²) < 4.78 is 5.13. The molecule has 8 heteroatoms. The molecule has 0 bridgehead atoms. The van der Waals surface area contributed by atoms with Crippen LogP contribution >= 0.6 is 11.3 Å². The molecule has 2 aromatic rings. The van der Waals surface area contributed by atoms with Gasteiger partial charge in [-0.05, 0) is 37.6 Å². The van der Waals surface area contributed by atoms with E-state index in [1.807, 2.05) is 24.3 Å². The van der Waals surface area contributed by atoms with Crippen LogP contribution in [0.2, 0.25) is 0 Å². The van der Waals surface area contributed by atoms with Gasteiger partial charge in [0.25, 0.3) is 0 Å². The summed E-state index contributed by atoms with van der Waals surface area (Å²) in [7, 11) is 1.61. The van der Waals surface area contributed by atoms with Crippen LogP contribution in [0.1, 0.15) is 46.0 Å². The molecule has 7 nitrogen and oxygen atoms in total. The van der Waals surface area contributed by atoms with E-state index in [-0.39, 0.29) is 11.8 Å². The lowest BCUT2D eigenvalue weighted by atomic mass is 10.1. The number of carbonyl (C=O) groups excluding carboxylic acids is 2. The molecule has 1 heterocycles. The van der Waals surface area contributed by atoms with Crippen molar-refractivity contribution in [2.24, 2.45) is 0 Å². The Hall–Kier alpha value is -2.48. The predicted molar refractivity (Wildman–Crippen MR) is 107 cm³/mol. The number of hydrogen-bond acceptors (Lipinski definition) is 6. The monoisotopic (exact) mass is 390 g/mol. The van der Waals surface area contributed by atoms with Crippen LogP contribution in [-0.2, 0) is 9.59 Å². The number of rotatable bonds is 10. The van der Waals surface area contributed by atoms with Crippen LogP contribution < -0.4 is 15.4 Å². The summed E-state index contributed by atoms with van der Waals surface area (Å²) in [5, 5.41) is 14.6. The van der Waals surface area contributed by atoms with Crippen molar-refractivity contribution in [3.05, 3.63) is 24.3 Å². The highest BCUT2D eigenvalue weighted by molar-refractivity contribution is 7.18. The summed E-state index contributed by atoms with van der Waals surface area (Å²) in [5.74, 6) is 0.343. The number of unbranched alkanes of at least 4 members (excludes halogenated alkanes) is 3. The van der Waals surface area contributed by atoms with Gasteiger partial charge in [0.1, 0.15) is 16.8 Å². The van der Waals surface area contributed by atoms with Gasteiger partial charge in [0, 0.05) is 12.0 Å². The van der Waals surface area contributed by atoms with Gasteiger partial charge in [-0.2, -0.15) is 0 Å². The largest absolute Gasteiger partial charge is 0.497 e. The molecule has 1 atom stereocenters. The molecule has 1 aromatic carbocycles. The summed E-state index contributed by atoms with van der Waals surface area (Å²) in [6.07, 6.45) is 4.56. The number of carbonyl (C=O) groups is 2. The molecule has 0 unspecified atom stereocenters. The fraction of sp³-hybridized carbons (Fsp3) is 0.474. The van der Waals surface area contributed by atoms with Gasteiger partial charge < -0.3 is 10.1 Å². The van der Waals surface area contributed by atoms with E-state index in [0.29, 0.717) is 16.6 Å². The molecule has 2 amide bonds. The molecule has 2 rings (SSSR count). The van der Waals surface area contributed by atoms with Crippen molar-refractivity contribution in [1.82, 2.24) is 15.5 Å². The van der Waals surface area contributed by atoms with Crippen molar-refractivity contribution in [1.29, 1.82) is 0 Å². The second-order valence-electron chi connectivity index (χ2n) is 6.23. The van der Waals surface area contributed by atoms with Crippen molar-refractivity contribution in [2.75, 3.05) is 12.4 Å². The van der Waals surface area contributed by atoms with E-state index in [4.69, 9.17) is 4.74 Å². The first-order valence-corrected chi connectivity index (χ1v) is 9.93. The normalized spacial score (nSPS) is 11.7. The number of methoxy groups -OCH3 is 1. The Morgan fingerprint density at radius 2 is 1.89 bits per heavy atom. The molecule has 0 aliphatic heterocycles. The molecule has 0 fully saturated rings. The van der Waals surface area contributed by atoms with Gasteiger partial charge in [-0.25, -0.2) is 0 Å². The molecule has 27 heavy (non-hydrogen) atoms. The highest BCUT2D eigenvalue weighted by Crippen LogP contribution is 2.27. The Balaban J connectivity index is 1.84. The van der Waals surface area contributed by atoms with Gasteiger partial charge in [0.15, 0.2) is 0 Å². The van der Waals surface area contributed by atoms with Crippen molar-refractivity contribution in [2.45, 2.75) is 52.0 Å². The van der Waals surface area contributed by atoms with E-state index < -0.39 is 6.04 Å². The summed E-state index contributed by atoms with van der Waals surface area (Å²) in [6.45, 7) is 3.78. The summed E-state index contributed by atoms with van der Waals surface area (Å²) in [6, 6.07) is 6.82. The smallest absolute Gasteiger partial charge is 0.248 e. The molecule has 0 radical (unpaired) electrons. The fourth-order valence-electron chi connectivity index (χ4n) is 2.43. The fourth-order valence-corrected chi connectivity index (χ4v) is 3.18. The standard InChI is InChI=1S/C19H26N4O3S/c1-4-5-6-7-8-16(24)20-13(2)17(25)21-19-23-22-18(27-19)14-9-11-15(26-3)12-10-14/h9-13H,4-8H2,1-3H3,(H,20,24)(H,21,23,25)/t13-/m1/s1. The predicted octanol–water partition coefficient (Wildman–Crippen LogP) is 3.63. The molecule has 0 saturated carbocycles. The Kier molecular flexibility index (Phi) is 8.19. The van der Waals surface area contributed by atoms with Crippen molar-refractivity contribution >= 4 is 28.3 Å². The zero-order valence-electron chi connectivity index (χ0n) is 15.9. The van der Waals surface area contributed by atoms with E-state index in [0.717, 1.165) is 37.0 Å². The van der Waals surface area contributed by atoms with E-state index in [1.165, 1.54) is 11.3 Å². The molecule has 146 valence electrons. The lowest BCUT2D eigenvalue weighted by Crippen LogP contribution is -2.41. The SMILES string of the molecule is CCCCCCC(=O)N[C@H](C)C(=O)Nc1nnc(-c2ccc(OC)cc2)s1. The third-order valence-corrected chi connectivity index (χ3v) is 4.91. The second kappa shape index (κ2) is 10.6. The van der Waals surface area contributed by atoms with Crippen LogP contribution in [-0.4, -0.2) is 35.2 Å². The maximum absolute atomic E-state index is 12.3. The van der Waals surface area contributed by atoms with Crippen LogP contribution in [0.4, 0.5) is 5.13 Å². The first-order valence-electron chi connectivity index (χ1n) is 9.11. The summed E-state index contributed by atoms with van der Waals surface area (Å²) in [5.41, 5.74) is 0.891. The molecule has 0 aliphatic rings. The third-order valence-electron chi connectivity index (χ3n) is 4.02. The maximum atomic E-state index is 12.3. The van der Waals surface area contributed by atoms with E-state index in [2.05, 4.69) is 27.8 Å². The van der Waals surface area contributed by atoms with Crippen LogP contribution in [0.25, 0.3) is 10.6 Å². The molecular weight excluding hydrogens is 364 g/mol. The molecule has 0 saturated heterocycles. The second-order valence-corrected chi connectivity index (χ2v) is 7.21. The minimum absolute atomic E-state index is 0.107. The number of anilines is 1. The first kappa shape index (κ1) is 20.8. The van der Waals surface area contributed by atoms with Gasteiger partial charge in [-0.1, -0.05) is 37.5 Å². The number of amides is 2. The van der Waals surface area contributed by atoms with Gasteiger partial charge >= 0.3 is 0 Å².